The summed E-state index contributed by atoms with van der Waals surface area (Å²) in [5, 5.41) is 14.2. The van der Waals surface area contributed by atoms with Gasteiger partial charge in [0.2, 0.25) is 5.96 Å². The van der Waals surface area contributed by atoms with Crippen molar-refractivity contribution in [1.29, 1.82) is 5.26 Å². The van der Waals surface area contributed by atoms with Gasteiger partial charge >= 0.3 is 0 Å². The van der Waals surface area contributed by atoms with Crippen LogP contribution in [-0.2, 0) is 4.74 Å². The molecule has 2 heterocycles. The largest absolute Gasteiger partial charge is 0.368 e. The number of imidazole rings is 1. The van der Waals surface area contributed by atoms with Crippen molar-refractivity contribution < 1.29 is 4.74 Å². The number of fused-ring (bicyclic) bond motifs is 1. The lowest BCUT2D eigenvalue weighted by Gasteiger charge is -2.14. The molecule has 1 aliphatic heterocycles. The number of nitrogens with zero attached hydrogens (tertiary/aromatic N) is 3. The molecule has 2 aliphatic rings. The molecule has 1 saturated heterocycles. The van der Waals surface area contributed by atoms with Gasteiger partial charge in [-0.15, -0.1) is 0 Å². The zero-order valence-corrected chi connectivity index (χ0v) is 10.6. The highest BCUT2D eigenvalue weighted by atomic mass is 16.5. The molecule has 1 aromatic heterocycles. The van der Waals surface area contributed by atoms with Crippen LogP contribution >= 0.6 is 0 Å². The Morgan fingerprint density at radius 2 is 2.63 bits per heavy atom. The van der Waals surface area contributed by atoms with E-state index in [0.717, 1.165) is 18.7 Å². The molecule has 7 nitrogen and oxygen atoms in total. The van der Waals surface area contributed by atoms with Crippen molar-refractivity contribution in [3.63, 3.8) is 0 Å². The van der Waals surface area contributed by atoms with Gasteiger partial charge < -0.3 is 15.0 Å². The first-order chi connectivity index (χ1) is 9.33. The first-order valence-electron chi connectivity index (χ1n) is 6.33. The third-order valence-corrected chi connectivity index (χ3v) is 3.83. The van der Waals surface area contributed by atoms with E-state index in [1.807, 2.05) is 12.4 Å². The highest BCUT2D eigenvalue weighted by molar-refractivity contribution is 5.81. The quantitative estimate of drug-likeness (QED) is 0.310. The fourth-order valence-electron chi connectivity index (χ4n) is 2.77. The zero-order chi connectivity index (χ0) is 13.2. The van der Waals surface area contributed by atoms with E-state index in [0.29, 0.717) is 23.9 Å². The number of hydrogen-bond acceptors (Lipinski definition) is 4. The van der Waals surface area contributed by atoms with Gasteiger partial charge in [0.05, 0.1) is 30.4 Å². The van der Waals surface area contributed by atoms with E-state index < -0.39 is 0 Å². The van der Waals surface area contributed by atoms with Crippen molar-refractivity contribution in [3.05, 3.63) is 18.2 Å². The third kappa shape index (κ3) is 2.27. The second kappa shape index (κ2) is 4.90. The standard InChI is InChI=1S/C12H16N6O/c1-14-12(17-5-13)16-3-8-7-2-10(19-11(7)8)9-4-15-6-18-9/h4,6-8,10-11H,2-3H2,1H3,(H,15,18)(H2,14,16,17)/t7-,8-,10-,11-/m0/s1. The minimum atomic E-state index is 0.158. The first kappa shape index (κ1) is 12.0. The second-order valence-electron chi connectivity index (χ2n) is 4.85. The smallest absolute Gasteiger partial charge is 0.204 e. The molecular weight excluding hydrogens is 244 g/mol. The molecule has 0 unspecified atom stereocenters. The summed E-state index contributed by atoms with van der Waals surface area (Å²) in [5.41, 5.74) is 1.06. The van der Waals surface area contributed by atoms with Crippen LogP contribution in [-0.4, -0.2) is 35.6 Å². The van der Waals surface area contributed by atoms with Gasteiger partial charge in [-0.25, -0.2) is 4.98 Å². The second-order valence-corrected chi connectivity index (χ2v) is 4.85. The van der Waals surface area contributed by atoms with Gasteiger partial charge in [-0.1, -0.05) is 0 Å². The molecule has 0 radical (unpaired) electrons. The van der Waals surface area contributed by atoms with Crippen LogP contribution in [0, 0.1) is 23.3 Å². The summed E-state index contributed by atoms with van der Waals surface area (Å²) in [6.45, 7) is 0.784. The molecule has 3 N–H and O–H groups in total. The molecule has 0 spiro atoms. The normalized spacial score (nSPS) is 32.5. The summed E-state index contributed by atoms with van der Waals surface area (Å²) in [7, 11) is 1.64. The maximum absolute atomic E-state index is 8.53. The fourth-order valence-corrected chi connectivity index (χ4v) is 2.77. The Kier molecular flexibility index (Phi) is 3.09. The van der Waals surface area contributed by atoms with E-state index in [4.69, 9.17) is 10.00 Å². The summed E-state index contributed by atoms with van der Waals surface area (Å²) >= 11 is 0. The molecule has 7 heteroatoms. The van der Waals surface area contributed by atoms with Crippen molar-refractivity contribution in [2.75, 3.05) is 13.6 Å². The number of hydrogen-bond donors (Lipinski definition) is 3. The van der Waals surface area contributed by atoms with E-state index in [1.165, 1.54) is 0 Å². The van der Waals surface area contributed by atoms with Gasteiger partial charge in [0.25, 0.3) is 0 Å². The SMILES string of the molecule is CN=C(NC#N)NC[C@H]1[C@@H]2C[C@@H](c3cnc[nH]3)O[C@H]12. The number of nitriles is 1. The monoisotopic (exact) mass is 260 g/mol. The molecule has 2 fully saturated rings. The molecule has 1 saturated carbocycles. The van der Waals surface area contributed by atoms with Gasteiger partial charge in [0, 0.05) is 19.5 Å². The van der Waals surface area contributed by atoms with Crippen LogP contribution in [0.4, 0.5) is 0 Å². The Hall–Kier alpha value is -2.07. The number of ether oxygens (including phenoxy) is 1. The van der Waals surface area contributed by atoms with Gasteiger partial charge in [0.1, 0.15) is 0 Å². The van der Waals surface area contributed by atoms with Crippen molar-refractivity contribution >= 4 is 5.96 Å². The molecule has 3 rings (SSSR count). The summed E-state index contributed by atoms with van der Waals surface area (Å²) in [6, 6.07) is 0. The van der Waals surface area contributed by atoms with E-state index >= 15 is 0 Å². The number of H-pyrrole nitrogens is 1. The summed E-state index contributed by atoms with van der Waals surface area (Å²) in [6.07, 6.45) is 6.86. The number of aromatic nitrogens is 2. The lowest BCUT2D eigenvalue weighted by Crippen LogP contribution is -2.36. The van der Waals surface area contributed by atoms with Crippen molar-refractivity contribution in [2.45, 2.75) is 18.6 Å². The Morgan fingerprint density at radius 3 is 3.21 bits per heavy atom. The predicted octanol–water partition coefficient (Wildman–Crippen LogP) is 0.132. The number of guanidine groups is 1. The van der Waals surface area contributed by atoms with Gasteiger partial charge in [-0.2, -0.15) is 5.26 Å². The highest BCUT2D eigenvalue weighted by Crippen LogP contribution is 2.55. The van der Waals surface area contributed by atoms with Crippen LogP contribution in [0.25, 0.3) is 0 Å². The van der Waals surface area contributed by atoms with Gasteiger partial charge in [-0.3, -0.25) is 10.3 Å². The predicted molar refractivity (Wildman–Crippen MR) is 67.9 cm³/mol. The average Bonchev–Trinajstić information content (AvgIpc) is 2.87. The minimum Gasteiger partial charge on any atom is -0.368 e. The van der Waals surface area contributed by atoms with Crippen LogP contribution < -0.4 is 10.6 Å². The van der Waals surface area contributed by atoms with Crippen LogP contribution in [0.1, 0.15) is 18.2 Å². The van der Waals surface area contributed by atoms with E-state index in [9.17, 15) is 0 Å². The first-order valence-corrected chi connectivity index (χ1v) is 6.33. The maximum Gasteiger partial charge on any atom is 0.204 e. The summed E-state index contributed by atoms with van der Waals surface area (Å²) in [5.74, 6) is 1.62. The lowest BCUT2D eigenvalue weighted by molar-refractivity contribution is 0.0570. The number of rotatable bonds is 3. The molecule has 4 atom stereocenters. The fraction of sp³-hybridized carbons (Fsp3) is 0.583. The Bertz CT molecular complexity index is 493. The van der Waals surface area contributed by atoms with Gasteiger partial charge in [-0.05, 0) is 12.3 Å². The molecule has 0 aromatic carbocycles. The average molecular weight is 260 g/mol. The summed E-state index contributed by atoms with van der Waals surface area (Å²) in [4.78, 5) is 11.1. The molecular formula is C12H16N6O. The third-order valence-electron chi connectivity index (χ3n) is 3.83. The molecule has 0 bridgehead atoms. The molecule has 19 heavy (non-hydrogen) atoms. The molecule has 1 aromatic rings. The van der Waals surface area contributed by atoms with E-state index in [-0.39, 0.29) is 6.10 Å². The van der Waals surface area contributed by atoms with Crippen molar-refractivity contribution in [2.24, 2.45) is 16.8 Å². The van der Waals surface area contributed by atoms with Crippen LogP contribution in [0.15, 0.2) is 17.5 Å². The Labute approximate surface area is 111 Å². The van der Waals surface area contributed by atoms with E-state index in [1.54, 1.807) is 13.4 Å². The molecule has 1 aliphatic carbocycles. The van der Waals surface area contributed by atoms with Crippen molar-refractivity contribution in [1.82, 2.24) is 20.6 Å². The maximum atomic E-state index is 8.53. The zero-order valence-electron chi connectivity index (χ0n) is 10.6. The van der Waals surface area contributed by atoms with Gasteiger partial charge in [0.15, 0.2) is 6.19 Å². The van der Waals surface area contributed by atoms with Crippen LogP contribution in [0.2, 0.25) is 0 Å². The number of aromatic amines is 1. The molecule has 0 amide bonds. The summed E-state index contributed by atoms with van der Waals surface area (Å²) < 4.78 is 5.98. The van der Waals surface area contributed by atoms with Crippen LogP contribution in [0.5, 0.6) is 0 Å². The lowest BCUT2D eigenvalue weighted by atomic mass is 10.1. The highest BCUT2D eigenvalue weighted by Gasteiger charge is 2.57. The van der Waals surface area contributed by atoms with Crippen molar-refractivity contribution in [3.8, 4) is 6.19 Å². The number of aliphatic imine (C=N–C) groups is 1. The van der Waals surface area contributed by atoms with Crippen LogP contribution in [0.3, 0.4) is 0 Å². The number of nitrogens with one attached hydrogen (secondary N) is 3. The Morgan fingerprint density at radius 1 is 1.74 bits per heavy atom. The topological polar surface area (TPSA) is 98.1 Å². The minimum absolute atomic E-state index is 0.158. The Balaban J connectivity index is 1.46. The molecule has 100 valence electrons. The van der Waals surface area contributed by atoms with E-state index in [2.05, 4.69) is 25.6 Å².